The van der Waals surface area contributed by atoms with Crippen molar-refractivity contribution < 1.29 is 0 Å². The smallest absolute Gasteiger partial charge is 0.0508 e. The summed E-state index contributed by atoms with van der Waals surface area (Å²) in [6, 6.07) is 15.0. The molecule has 0 aliphatic rings. The maximum absolute atomic E-state index is 5.66. The van der Waals surface area contributed by atoms with Crippen LogP contribution >= 0.6 is 15.9 Å². The van der Waals surface area contributed by atoms with Crippen LogP contribution < -0.4 is 5.73 Å². The minimum absolute atomic E-state index is 0.756. The maximum atomic E-state index is 5.66. The Morgan fingerprint density at radius 1 is 1.09 bits per heavy atom. The molecule has 3 N–H and O–H groups in total. The summed E-state index contributed by atoms with van der Waals surface area (Å²) in [6.07, 6.45) is 3.24. The van der Waals surface area contributed by atoms with Crippen LogP contribution in [0.1, 0.15) is 24.0 Å². The number of unbranched alkanes of at least 4 members (excludes halogenated alkanes) is 1. The summed E-state index contributed by atoms with van der Waals surface area (Å²) in [6.45, 7) is 2.90. The Morgan fingerprint density at radius 2 is 1.91 bits per heavy atom. The van der Waals surface area contributed by atoms with Crippen molar-refractivity contribution in [2.75, 3.05) is 6.54 Å². The first-order chi connectivity index (χ1) is 10.7. The average Bonchev–Trinajstić information content (AvgIpc) is 2.86. The fourth-order valence-corrected chi connectivity index (χ4v) is 3.44. The lowest BCUT2D eigenvalue weighted by Gasteiger charge is -2.07. The molecule has 2 nitrogen and oxygen atoms in total. The van der Waals surface area contributed by atoms with E-state index in [0.717, 1.165) is 30.3 Å². The molecule has 2 aromatic carbocycles. The van der Waals surface area contributed by atoms with Gasteiger partial charge in [0.05, 0.1) is 5.69 Å². The first-order valence-corrected chi connectivity index (χ1v) is 8.56. The number of fused-ring (bicyclic) bond motifs is 1. The zero-order valence-corrected chi connectivity index (χ0v) is 14.4. The number of halogens is 1. The molecule has 3 heteroatoms. The molecule has 0 amide bonds. The Balaban J connectivity index is 2.15. The van der Waals surface area contributed by atoms with Gasteiger partial charge in [0.2, 0.25) is 0 Å². The molecule has 0 fully saturated rings. The molecule has 0 aliphatic carbocycles. The Kier molecular flexibility index (Phi) is 4.65. The van der Waals surface area contributed by atoms with E-state index in [1.165, 1.54) is 33.3 Å². The van der Waals surface area contributed by atoms with E-state index >= 15 is 0 Å². The molecule has 0 atom stereocenters. The predicted molar refractivity (Wildman–Crippen MR) is 98.2 cm³/mol. The van der Waals surface area contributed by atoms with E-state index in [9.17, 15) is 0 Å². The number of aryl methyl sites for hydroxylation is 2. The molecule has 0 saturated heterocycles. The van der Waals surface area contributed by atoms with E-state index in [1.807, 2.05) is 0 Å². The van der Waals surface area contributed by atoms with Gasteiger partial charge in [0.25, 0.3) is 0 Å². The molecule has 22 heavy (non-hydrogen) atoms. The van der Waals surface area contributed by atoms with Gasteiger partial charge in [-0.1, -0.05) is 45.8 Å². The van der Waals surface area contributed by atoms with Crippen LogP contribution in [0.2, 0.25) is 0 Å². The van der Waals surface area contributed by atoms with E-state index in [0.29, 0.717) is 0 Å². The fourth-order valence-electron chi connectivity index (χ4n) is 2.96. The van der Waals surface area contributed by atoms with E-state index in [-0.39, 0.29) is 0 Å². The minimum atomic E-state index is 0.756. The summed E-state index contributed by atoms with van der Waals surface area (Å²) >= 11 is 3.68. The van der Waals surface area contributed by atoms with Crippen molar-refractivity contribution >= 4 is 26.8 Å². The normalized spacial score (nSPS) is 11.2. The molecule has 0 saturated carbocycles. The number of nitrogens with one attached hydrogen (secondary N) is 1. The number of H-pyrrole nitrogens is 1. The van der Waals surface area contributed by atoms with Gasteiger partial charge in [-0.3, -0.25) is 0 Å². The van der Waals surface area contributed by atoms with Gasteiger partial charge in [0.1, 0.15) is 0 Å². The number of benzene rings is 2. The minimum Gasteiger partial charge on any atom is -0.354 e. The molecule has 114 valence electrons. The zero-order valence-electron chi connectivity index (χ0n) is 12.8. The van der Waals surface area contributed by atoms with Crippen LogP contribution in [0.25, 0.3) is 22.2 Å². The van der Waals surface area contributed by atoms with E-state index in [2.05, 4.69) is 70.3 Å². The number of nitrogens with two attached hydrogens (primary N) is 1. The van der Waals surface area contributed by atoms with Gasteiger partial charge in [-0.15, -0.1) is 0 Å². The van der Waals surface area contributed by atoms with Crippen LogP contribution in [-0.2, 0) is 6.42 Å². The second kappa shape index (κ2) is 6.67. The number of rotatable bonds is 5. The maximum Gasteiger partial charge on any atom is 0.0508 e. The Morgan fingerprint density at radius 3 is 2.68 bits per heavy atom. The van der Waals surface area contributed by atoms with Gasteiger partial charge in [-0.25, -0.2) is 0 Å². The van der Waals surface area contributed by atoms with Crippen LogP contribution in [-0.4, -0.2) is 11.5 Å². The van der Waals surface area contributed by atoms with Gasteiger partial charge in [-0.2, -0.15) is 0 Å². The number of aromatic amines is 1. The molecule has 0 unspecified atom stereocenters. The molecule has 1 aromatic heterocycles. The van der Waals surface area contributed by atoms with E-state index in [4.69, 9.17) is 5.73 Å². The first kappa shape index (κ1) is 15.3. The highest BCUT2D eigenvalue weighted by Crippen LogP contribution is 2.35. The van der Waals surface area contributed by atoms with E-state index < -0.39 is 0 Å². The van der Waals surface area contributed by atoms with Crippen molar-refractivity contribution in [2.45, 2.75) is 26.2 Å². The highest BCUT2D eigenvalue weighted by Gasteiger charge is 2.14. The Bertz CT molecular complexity index is 789. The molecule has 0 spiro atoms. The SMILES string of the molecule is Cc1ccc2[nH]c(-c3ccccc3Br)c(CCCCN)c2c1. The molecular weight excluding hydrogens is 336 g/mol. The van der Waals surface area contributed by atoms with Crippen molar-refractivity contribution in [1.29, 1.82) is 0 Å². The molecule has 0 bridgehead atoms. The van der Waals surface area contributed by atoms with Gasteiger partial charge in [0.15, 0.2) is 0 Å². The van der Waals surface area contributed by atoms with Crippen LogP contribution in [0.3, 0.4) is 0 Å². The third-order valence-corrected chi connectivity index (χ3v) is 4.78. The highest BCUT2D eigenvalue weighted by molar-refractivity contribution is 9.10. The lowest BCUT2D eigenvalue weighted by atomic mass is 9.99. The average molecular weight is 357 g/mol. The van der Waals surface area contributed by atoms with Crippen molar-refractivity contribution in [3.8, 4) is 11.3 Å². The van der Waals surface area contributed by atoms with Crippen molar-refractivity contribution in [3.63, 3.8) is 0 Å². The standard InChI is InChI=1S/C19H21BrN2/c1-13-9-10-18-16(12-13)14(6-4-5-11-21)19(22-18)15-7-2-3-8-17(15)20/h2-3,7-10,12,22H,4-6,11,21H2,1H3. The van der Waals surface area contributed by atoms with Gasteiger partial charge < -0.3 is 10.7 Å². The first-order valence-electron chi connectivity index (χ1n) is 7.77. The lowest BCUT2D eigenvalue weighted by molar-refractivity contribution is 0.748. The third kappa shape index (κ3) is 2.96. The number of hydrogen-bond acceptors (Lipinski definition) is 1. The Labute approximate surface area is 139 Å². The van der Waals surface area contributed by atoms with Crippen molar-refractivity contribution in [1.82, 2.24) is 4.98 Å². The number of aromatic nitrogens is 1. The van der Waals surface area contributed by atoms with E-state index in [1.54, 1.807) is 0 Å². The second-order valence-corrected chi connectivity index (χ2v) is 6.61. The molecule has 1 heterocycles. The summed E-state index contributed by atoms with van der Waals surface area (Å²) in [5, 5.41) is 1.34. The molecule has 0 radical (unpaired) electrons. The molecule has 3 aromatic rings. The van der Waals surface area contributed by atoms with Crippen LogP contribution in [0.5, 0.6) is 0 Å². The van der Waals surface area contributed by atoms with Crippen LogP contribution in [0, 0.1) is 6.92 Å². The largest absolute Gasteiger partial charge is 0.354 e. The highest BCUT2D eigenvalue weighted by atomic mass is 79.9. The monoisotopic (exact) mass is 356 g/mol. The lowest BCUT2D eigenvalue weighted by Crippen LogP contribution is -1.99. The third-order valence-electron chi connectivity index (χ3n) is 4.09. The summed E-state index contributed by atoms with van der Waals surface area (Å²) in [5.74, 6) is 0. The predicted octanol–water partition coefficient (Wildman–Crippen LogP) is 5.19. The van der Waals surface area contributed by atoms with Crippen molar-refractivity contribution in [3.05, 3.63) is 58.1 Å². The molecular formula is C19H21BrN2. The van der Waals surface area contributed by atoms with Gasteiger partial charge >= 0.3 is 0 Å². The van der Waals surface area contributed by atoms with Crippen molar-refractivity contribution in [2.24, 2.45) is 5.73 Å². The quantitative estimate of drug-likeness (QED) is 0.607. The van der Waals surface area contributed by atoms with Gasteiger partial charge in [0, 0.05) is 20.9 Å². The second-order valence-electron chi connectivity index (χ2n) is 5.75. The summed E-state index contributed by atoms with van der Waals surface area (Å²) in [7, 11) is 0. The fraction of sp³-hybridized carbons (Fsp3) is 0.263. The summed E-state index contributed by atoms with van der Waals surface area (Å²) in [4.78, 5) is 3.61. The molecule has 0 aliphatic heterocycles. The topological polar surface area (TPSA) is 41.8 Å². The van der Waals surface area contributed by atoms with Crippen LogP contribution in [0.4, 0.5) is 0 Å². The summed E-state index contributed by atoms with van der Waals surface area (Å²) in [5.41, 5.74) is 12.0. The zero-order chi connectivity index (χ0) is 15.5. The summed E-state index contributed by atoms with van der Waals surface area (Å²) < 4.78 is 1.12. The molecule has 3 rings (SSSR count). The number of hydrogen-bond donors (Lipinski definition) is 2. The van der Waals surface area contributed by atoms with Crippen LogP contribution in [0.15, 0.2) is 46.9 Å². The van der Waals surface area contributed by atoms with Gasteiger partial charge in [-0.05, 0) is 56.5 Å². The Hall–Kier alpha value is -1.58.